The molecule has 0 amide bonds. The molecule has 2 rings (SSSR count). The minimum atomic E-state index is 0.482. The molecule has 0 aromatic heterocycles. The molecule has 0 saturated heterocycles. The highest BCUT2D eigenvalue weighted by Crippen LogP contribution is 2.27. The second-order valence-electron chi connectivity index (χ2n) is 3.90. The van der Waals surface area contributed by atoms with Crippen molar-refractivity contribution in [2.45, 2.75) is 4.90 Å². The quantitative estimate of drug-likeness (QED) is 0.566. The zero-order valence-electron chi connectivity index (χ0n) is 10.6. The largest absolute Gasteiger partial charge is 0.332 e. The van der Waals surface area contributed by atoms with E-state index in [4.69, 9.17) is 35.4 Å². The topological polar surface area (TPSA) is 24.1 Å². The lowest BCUT2D eigenvalue weighted by atomic mass is 10.3. The number of thiocarbonyl (C=S) groups is 1. The number of anilines is 2. The lowest BCUT2D eigenvalue weighted by molar-refractivity contribution is 1.44. The summed E-state index contributed by atoms with van der Waals surface area (Å²) in [4.78, 5) is 1.12. The third-order valence-corrected chi connectivity index (χ3v) is 4.08. The minimum Gasteiger partial charge on any atom is -0.332 e. The van der Waals surface area contributed by atoms with Crippen molar-refractivity contribution in [3.8, 4) is 0 Å². The van der Waals surface area contributed by atoms with E-state index < -0.39 is 0 Å². The lowest BCUT2D eigenvalue weighted by Crippen LogP contribution is -2.19. The summed E-state index contributed by atoms with van der Waals surface area (Å²) in [5.74, 6) is 0. The monoisotopic (exact) mass is 342 g/mol. The second-order valence-corrected chi connectivity index (χ2v) is 6.00. The van der Waals surface area contributed by atoms with Gasteiger partial charge in [-0.2, -0.15) is 0 Å². The van der Waals surface area contributed by atoms with Crippen LogP contribution < -0.4 is 10.6 Å². The van der Waals surface area contributed by atoms with Gasteiger partial charge in [-0.25, -0.2) is 0 Å². The van der Waals surface area contributed by atoms with Crippen molar-refractivity contribution >= 4 is 63.7 Å². The minimum absolute atomic E-state index is 0.482. The molecule has 0 heterocycles. The number of benzene rings is 2. The van der Waals surface area contributed by atoms with Crippen LogP contribution in [0.2, 0.25) is 10.0 Å². The normalized spacial score (nSPS) is 10.2. The number of rotatable bonds is 3. The van der Waals surface area contributed by atoms with Crippen LogP contribution in [0.4, 0.5) is 11.4 Å². The van der Waals surface area contributed by atoms with Crippen LogP contribution in [0, 0.1) is 0 Å². The first-order valence-electron chi connectivity index (χ1n) is 5.76. The Bertz CT molecular complexity index is 632. The van der Waals surface area contributed by atoms with Gasteiger partial charge >= 0.3 is 0 Å². The van der Waals surface area contributed by atoms with Crippen molar-refractivity contribution in [2.24, 2.45) is 0 Å². The second kappa shape index (κ2) is 7.18. The fourth-order valence-electron chi connectivity index (χ4n) is 1.61. The molecule has 104 valence electrons. The predicted octanol–water partition coefficient (Wildman–Crippen LogP) is 5.52. The van der Waals surface area contributed by atoms with Gasteiger partial charge in [0.05, 0.1) is 16.4 Å². The van der Waals surface area contributed by atoms with Gasteiger partial charge in [0, 0.05) is 9.92 Å². The summed E-state index contributed by atoms with van der Waals surface area (Å²) in [5, 5.41) is 7.82. The summed E-state index contributed by atoms with van der Waals surface area (Å²) in [6, 6.07) is 13.2. The molecule has 0 fully saturated rings. The van der Waals surface area contributed by atoms with Crippen LogP contribution in [0.25, 0.3) is 0 Å². The van der Waals surface area contributed by atoms with E-state index in [1.54, 1.807) is 30.0 Å². The Kier molecular flexibility index (Phi) is 5.54. The highest BCUT2D eigenvalue weighted by Gasteiger charge is 2.06. The van der Waals surface area contributed by atoms with E-state index in [1.807, 2.05) is 30.5 Å². The maximum absolute atomic E-state index is 6.10. The van der Waals surface area contributed by atoms with Crippen molar-refractivity contribution in [1.82, 2.24) is 0 Å². The van der Waals surface area contributed by atoms with Crippen LogP contribution in [0.3, 0.4) is 0 Å². The van der Waals surface area contributed by atoms with E-state index in [2.05, 4.69) is 10.6 Å². The van der Waals surface area contributed by atoms with Crippen LogP contribution in [0.1, 0.15) is 0 Å². The van der Waals surface area contributed by atoms with Gasteiger partial charge in [-0.3, -0.25) is 0 Å². The zero-order chi connectivity index (χ0) is 14.5. The first-order valence-corrected chi connectivity index (χ1v) is 8.15. The molecule has 0 aliphatic carbocycles. The molecule has 0 bridgehead atoms. The number of nitrogens with one attached hydrogen (secondary N) is 2. The Morgan fingerprint density at radius 1 is 1.05 bits per heavy atom. The van der Waals surface area contributed by atoms with Gasteiger partial charge < -0.3 is 10.6 Å². The summed E-state index contributed by atoms with van der Waals surface area (Å²) < 4.78 is 0. The van der Waals surface area contributed by atoms with Crippen molar-refractivity contribution in [3.05, 3.63) is 52.5 Å². The molecule has 2 nitrogen and oxygen atoms in total. The fourth-order valence-corrected chi connectivity index (χ4v) is 2.84. The Morgan fingerprint density at radius 3 is 2.45 bits per heavy atom. The smallest absolute Gasteiger partial charge is 0.175 e. The summed E-state index contributed by atoms with van der Waals surface area (Å²) in [6.07, 6.45) is 2.02. The fraction of sp³-hybridized carbons (Fsp3) is 0.0714. The van der Waals surface area contributed by atoms with Crippen LogP contribution in [0.15, 0.2) is 47.4 Å². The zero-order valence-corrected chi connectivity index (χ0v) is 13.8. The number of hydrogen-bond donors (Lipinski definition) is 2. The summed E-state index contributed by atoms with van der Waals surface area (Å²) in [6.45, 7) is 0. The summed E-state index contributed by atoms with van der Waals surface area (Å²) >= 11 is 18.9. The van der Waals surface area contributed by atoms with Gasteiger partial charge in [-0.1, -0.05) is 35.3 Å². The van der Waals surface area contributed by atoms with Crippen LogP contribution in [-0.4, -0.2) is 11.4 Å². The van der Waals surface area contributed by atoms with Crippen molar-refractivity contribution < 1.29 is 0 Å². The molecular weight excluding hydrogens is 331 g/mol. The molecule has 0 unspecified atom stereocenters. The molecule has 6 heteroatoms. The van der Waals surface area contributed by atoms with Crippen LogP contribution in [0.5, 0.6) is 0 Å². The number of hydrogen-bond acceptors (Lipinski definition) is 2. The molecule has 0 aliphatic heterocycles. The Labute approximate surface area is 137 Å². The molecule has 0 aliphatic rings. The molecule has 0 saturated carbocycles. The number of thioether (sulfide) groups is 1. The van der Waals surface area contributed by atoms with Gasteiger partial charge in [0.15, 0.2) is 5.11 Å². The molecule has 2 aromatic rings. The highest BCUT2D eigenvalue weighted by molar-refractivity contribution is 7.98. The first kappa shape index (κ1) is 15.4. The molecule has 0 spiro atoms. The molecule has 2 aromatic carbocycles. The molecule has 0 radical (unpaired) electrons. The summed E-state index contributed by atoms with van der Waals surface area (Å²) in [7, 11) is 0. The maximum Gasteiger partial charge on any atom is 0.175 e. The van der Waals surface area contributed by atoms with Crippen molar-refractivity contribution in [3.63, 3.8) is 0 Å². The maximum atomic E-state index is 6.10. The summed E-state index contributed by atoms with van der Waals surface area (Å²) in [5.41, 5.74) is 1.68. The van der Waals surface area contributed by atoms with Gasteiger partial charge in [0.2, 0.25) is 0 Å². The van der Waals surface area contributed by atoms with E-state index in [0.29, 0.717) is 15.2 Å². The average Bonchev–Trinajstić information content (AvgIpc) is 2.42. The van der Waals surface area contributed by atoms with Gasteiger partial charge in [-0.05, 0) is 48.8 Å². The molecule has 20 heavy (non-hydrogen) atoms. The Balaban J connectivity index is 2.09. The first-order chi connectivity index (χ1) is 9.60. The number of halogens is 2. The molecule has 0 atom stereocenters. The van der Waals surface area contributed by atoms with Gasteiger partial charge in [0.1, 0.15) is 0 Å². The molecule has 2 N–H and O–H groups in total. The third kappa shape index (κ3) is 4.03. The predicted molar refractivity (Wildman–Crippen MR) is 94.5 cm³/mol. The highest BCUT2D eigenvalue weighted by atomic mass is 35.5. The third-order valence-electron chi connectivity index (χ3n) is 2.53. The SMILES string of the molecule is CSc1ccccc1NC(=S)Nc1ccc(Cl)cc1Cl. The standard InChI is InChI=1S/C14H12Cl2N2S2/c1-20-13-5-3-2-4-12(13)18-14(19)17-11-7-6-9(15)8-10(11)16/h2-8H,1H3,(H2,17,18,19). The van der Waals surface area contributed by atoms with Crippen molar-refractivity contribution in [1.29, 1.82) is 0 Å². The lowest BCUT2D eigenvalue weighted by Gasteiger charge is -2.14. The average molecular weight is 343 g/mol. The van der Waals surface area contributed by atoms with Crippen LogP contribution >= 0.6 is 47.2 Å². The van der Waals surface area contributed by atoms with E-state index >= 15 is 0 Å². The van der Waals surface area contributed by atoms with Crippen LogP contribution in [-0.2, 0) is 0 Å². The van der Waals surface area contributed by atoms with Gasteiger partial charge in [-0.15, -0.1) is 11.8 Å². The van der Waals surface area contributed by atoms with E-state index in [0.717, 1.165) is 16.3 Å². The van der Waals surface area contributed by atoms with E-state index in [-0.39, 0.29) is 0 Å². The van der Waals surface area contributed by atoms with E-state index in [1.165, 1.54) is 0 Å². The number of para-hydroxylation sites is 1. The Morgan fingerprint density at radius 2 is 1.75 bits per heavy atom. The van der Waals surface area contributed by atoms with E-state index in [9.17, 15) is 0 Å². The van der Waals surface area contributed by atoms with Gasteiger partial charge in [0.25, 0.3) is 0 Å². The van der Waals surface area contributed by atoms with Crippen molar-refractivity contribution in [2.75, 3.05) is 16.9 Å². The molecular formula is C14H12Cl2N2S2. The Hall–Kier alpha value is -0.940.